The monoisotopic (exact) mass is 506 g/mol. The topological polar surface area (TPSA) is 112 Å². The quantitative estimate of drug-likeness (QED) is 0.569. The molecule has 1 saturated carbocycles. The molecule has 1 aromatic heterocycles. The Morgan fingerprint density at radius 3 is 2.65 bits per heavy atom. The number of methoxy groups -OCH3 is 1. The maximum Gasteiger partial charge on any atom is 0.343 e. The molecule has 8 heteroatoms. The number of rotatable bonds is 4. The van der Waals surface area contributed by atoms with Crippen LogP contribution in [0, 0.1) is 28.6 Å². The Labute approximate surface area is 214 Å². The van der Waals surface area contributed by atoms with Gasteiger partial charge in [0.05, 0.1) is 36.9 Å². The Hall–Kier alpha value is -3.81. The second-order valence-electron chi connectivity index (χ2n) is 10.7. The minimum Gasteiger partial charge on any atom is -0.508 e. The minimum absolute atomic E-state index is 0.0869. The predicted molar refractivity (Wildman–Crippen MR) is 131 cm³/mol. The smallest absolute Gasteiger partial charge is 0.343 e. The minimum atomic E-state index is -0.798. The van der Waals surface area contributed by atoms with Gasteiger partial charge in [-0.15, -0.1) is 0 Å². The van der Waals surface area contributed by atoms with Gasteiger partial charge in [-0.3, -0.25) is 9.59 Å². The van der Waals surface area contributed by atoms with E-state index in [1.807, 2.05) is 19.9 Å². The van der Waals surface area contributed by atoms with Gasteiger partial charge in [0.2, 0.25) is 5.78 Å². The fourth-order valence-electron chi connectivity index (χ4n) is 6.86. The third-order valence-corrected chi connectivity index (χ3v) is 8.58. The zero-order valence-corrected chi connectivity index (χ0v) is 21.1. The van der Waals surface area contributed by atoms with Crippen LogP contribution in [0.3, 0.4) is 0 Å². The summed E-state index contributed by atoms with van der Waals surface area (Å²) < 4.78 is 22.2. The van der Waals surface area contributed by atoms with Crippen molar-refractivity contribution < 1.29 is 38.1 Å². The fraction of sp³-hybridized carbons (Fsp3) is 0.414. The molecule has 1 aliphatic heterocycles. The number of Topliss-reactive ketones (excluding diaryl/α,β-unsaturated/α-hetero) is 1. The van der Waals surface area contributed by atoms with Crippen molar-refractivity contribution in [3.8, 4) is 5.75 Å². The number of allylic oxidation sites excluding steroid dienone is 2. The van der Waals surface area contributed by atoms with Crippen LogP contribution in [0.2, 0.25) is 0 Å². The van der Waals surface area contributed by atoms with E-state index in [0.717, 1.165) is 5.56 Å². The lowest BCUT2D eigenvalue weighted by Crippen LogP contribution is -2.60. The van der Waals surface area contributed by atoms with Gasteiger partial charge in [-0.1, -0.05) is 26.5 Å². The third kappa shape index (κ3) is 3.95. The molecule has 6 atom stereocenters. The molecule has 194 valence electrons. The number of carbonyl (C=O) groups is 3. The molecule has 1 aromatic carbocycles. The molecule has 0 bridgehead atoms. The first-order valence-corrected chi connectivity index (χ1v) is 12.3. The Bertz CT molecular complexity index is 1290. The highest BCUT2D eigenvalue weighted by molar-refractivity contribution is 6.03. The number of ether oxygens (including phenoxy) is 3. The van der Waals surface area contributed by atoms with E-state index < -0.39 is 34.6 Å². The molecule has 2 aromatic rings. The van der Waals surface area contributed by atoms with E-state index in [2.05, 4.69) is 6.58 Å². The van der Waals surface area contributed by atoms with Gasteiger partial charge in [-0.2, -0.15) is 0 Å². The van der Waals surface area contributed by atoms with E-state index in [1.165, 1.54) is 37.5 Å². The largest absolute Gasteiger partial charge is 0.508 e. The van der Waals surface area contributed by atoms with Crippen LogP contribution in [0.5, 0.6) is 5.75 Å². The zero-order chi connectivity index (χ0) is 26.5. The summed E-state index contributed by atoms with van der Waals surface area (Å²) in [5.74, 6) is -2.93. The van der Waals surface area contributed by atoms with E-state index in [4.69, 9.17) is 18.6 Å². The number of hydrogen-bond acceptors (Lipinski definition) is 8. The number of aromatic hydroxyl groups is 1. The highest BCUT2D eigenvalue weighted by Crippen LogP contribution is 2.66. The average molecular weight is 507 g/mol. The van der Waals surface area contributed by atoms with Gasteiger partial charge in [0, 0.05) is 17.4 Å². The highest BCUT2D eigenvalue weighted by Gasteiger charge is 2.65. The first-order valence-electron chi connectivity index (χ1n) is 12.3. The Balaban J connectivity index is 1.57. The number of esters is 2. The van der Waals surface area contributed by atoms with Crippen molar-refractivity contribution in [2.45, 2.75) is 39.2 Å². The maximum atomic E-state index is 14.2. The number of fused-ring (bicyclic) bond motifs is 3. The van der Waals surface area contributed by atoms with Crippen molar-refractivity contribution in [1.82, 2.24) is 0 Å². The van der Waals surface area contributed by atoms with E-state index in [9.17, 15) is 19.5 Å². The summed E-state index contributed by atoms with van der Waals surface area (Å²) >= 11 is 0. The standard InChI is InChI=1S/C29H30O8/c1-16-20-8-10-28(2)21(27(33)34-4)13-22(37-26(32)17-6-5-7-19(30)12-17)24(31)25(28)29(20,3)14-23(36-16)18-9-11-35-15-18/h5-7,9,11-13,15,20-21,23,25,30H,1,8,10,14H2,2-4H3/t20-,21-,23-,25-,28-,29-/m0/s1. The molecule has 5 rings (SSSR count). The van der Waals surface area contributed by atoms with Gasteiger partial charge in [-0.05, 0) is 60.4 Å². The lowest BCUT2D eigenvalue weighted by Gasteiger charge is -2.60. The Morgan fingerprint density at radius 1 is 1.19 bits per heavy atom. The number of phenols is 1. The SMILES string of the molecule is C=C1O[C@H](c2ccoc2)C[C@]2(C)[C@H]3C(=O)C(OC(=O)c4cccc(O)c4)=C[C@@H](C(=O)OC)[C@]3(C)CC[C@@H]12. The highest BCUT2D eigenvalue weighted by atomic mass is 16.5. The molecule has 2 aliphatic carbocycles. The molecule has 1 N–H and O–H groups in total. The van der Waals surface area contributed by atoms with Crippen molar-refractivity contribution in [2.24, 2.45) is 28.6 Å². The summed E-state index contributed by atoms with van der Waals surface area (Å²) in [6.45, 7) is 8.17. The normalized spacial score (nSPS) is 32.9. The van der Waals surface area contributed by atoms with E-state index in [1.54, 1.807) is 12.5 Å². The first-order chi connectivity index (χ1) is 17.6. The molecule has 2 heterocycles. The summed E-state index contributed by atoms with van der Waals surface area (Å²) in [5, 5.41) is 9.77. The Kier molecular flexibility index (Phi) is 6.01. The van der Waals surface area contributed by atoms with Gasteiger partial charge in [0.15, 0.2) is 5.76 Å². The number of phenolic OH excluding ortho intramolecular Hbond substituents is 1. The molecule has 37 heavy (non-hydrogen) atoms. The Morgan fingerprint density at radius 2 is 1.97 bits per heavy atom. The molecule has 0 unspecified atom stereocenters. The summed E-state index contributed by atoms with van der Waals surface area (Å²) in [4.78, 5) is 40.2. The van der Waals surface area contributed by atoms with Crippen LogP contribution in [0.4, 0.5) is 0 Å². The molecular weight excluding hydrogens is 476 g/mol. The van der Waals surface area contributed by atoms with Crippen LogP contribution in [0.15, 0.2) is 71.4 Å². The summed E-state index contributed by atoms with van der Waals surface area (Å²) in [6, 6.07) is 7.50. The molecule has 3 aliphatic rings. The predicted octanol–water partition coefficient (Wildman–Crippen LogP) is 5.11. The van der Waals surface area contributed by atoms with Crippen LogP contribution >= 0.6 is 0 Å². The second kappa shape index (κ2) is 8.94. The number of hydrogen-bond donors (Lipinski definition) is 1. The third-order valence-electron chi connectivity index (χ3n) is 8.58. The number of benzene rings is 1. The van der Waals surface area contributed by atoms with Crippen molar-refractivity contribution in [1.29, 1.82) is 0 Å². The fourth-order valence-corrected chi connectivity index (χ4v) is 6.86. The van der Waals surface area contributed by atoms with Gasteiger partial charge >= 0.3 is 11.9 Å². The van der Waals surface area contributed by atoms with Gasteiger partial charge in [0.1, 0.15) is 11.9 Å². The van der Waals surface area contributed by atoms with Crippen LogP contribution in [-0.4, -0.2) is 29.9 Å². The molecule has 2 fully saturated rings. The molecule has 0 amide bonds. The second-order valence-corrected chi connectivity index (χ2v) is 10.7. The van der Waals surface area contributed by atoms with Gasteiger partial charge in [-0.25, -0.2) is 4.79 Å². The molecule has 8 nitrogen and oxygen atoms in total. The van der Waals surface area contributed by atoms with Crippen molar-refractivity contribution in [3.63, 3.8) is 0 Å². The van der Waals surface area contributed by atoms with Gasteiger partial charge < -0.3 is 23.7 Å². The van der Waals surface area contributed by atoms with E-state index >= 15 is 0 Å². The van der Waals surface area contributed by atoms with Crippen LogP contribution in [-0.2, 0) is 23.8 Å². The van der Waals surface area contributed by atoms with Crippen LogP contribution < -0.4 is 0 Å². The van der Waals surface area contributed by atoms with Crippen molar-refractivity contribution in [2.75, 3.05) is 7.11 Å². The van der Waals surface area contributed by atoms with E-state index in [0.29, 0.717) is 25.0 Å². The van der Waals surface area contributed by atoms with Crippen LogP contribution in [0.1, 0.15) is 55.1 Å². The number of carbonyl (C=O) groups excluding carboxylic acids is 3. The van der Waals surface area contributed by atoms with Crippen molar-refractivity contribution >= 4 is 17.7 Å². The first kappa shape index (κ1) is 24.9. The van der Waals surface area contributed by atoms with Crippen molar-refractivity contribution in [3.05, 3.63) is 78.2 Å². The maximum absolute atomic E-state index is 14.2. The molecule has 0 spiro atoms. The summed E-state index contributed by atoms with van der Waals surface area (Å²) in [5.41, 5.74) is -0.491. The van der Waals surface area contributed by atoms with Crippen LogP contribution in [0.25, 0.3) is 0 Å². The average Bonchev–Trinajstić information content (AvgIpc) is 3.39. The number of furan rings is 1. The zero-order valence-electron chi connectivity index (χ0n) is 21.1. The molecular formula is C29H30O8. The molecule has 1 saturated heterocycles. The molecule has 0 radical (unpaired) electrons. The summed E-state index contributed by atoms with van der Waals surface area (Å²) in [7, 11) is 1.31. The lowest BCUT2D eigenvalue weighted by molar-refractivity contribution is -0.174. The number of ketones is 1. The van der Waals surface area contributed by atoms with Gasteiger partial charge in [0.25, 0.3) is 0 Å². The lowest BCUT2D eigenvalue weighted by atomic mass is 9.44. The van der Waals surface area contributed by atoms with E-state index in [-0.39, 0.29) is 34.9 Å². The summed E-state index contributed by atoms with van der Waals surface area (Å²) in [6.07, 6.45) is 5.98.